The van der Waals surface area contributed by atoms with Crippen molar-refractivity contribution in [1.29, 1.82) is 0 Å². The van der Waals surface area contributed by atoms with Gasteiger partial charge in [-0.15, -0.1) is 0 Å². The van der Waals surface area contributed by atoms with Crippen LogP contribution >= 0.6 is 0 Å². The van der Waals surface area contributed by atoms with Crippen LogP contribution in [0.3, 0.4) is 0 Å². The van der Waals surface area contributed by atoms with Gasteiger partial charge in [0.05, 0.1) is 22.3 Å². The lowest BCUT2D eigenvalue weighted by Gasteiger charge is -2.07. The number of nitrogens with zero attached hydrogens (tertiary/aromatic N) is 4. The third-order valence-corrected chi connectivity index (χ3v) is 3.57. The van der Waals surface area contributed by atoms with Crippen molar-refractivity contribution in [1.82, 2.24) is 20.0 Å². The Bertz CT molecular complexity index is 911. The highest BCUT2D eigenvalue weighted by atomic mass is 16.6. The van der Waals surface area contributed by atoms with Crippen molar-refractivity contribution in [2.24, 2.45) is 0 Å². The van der Waals surface area contributed by atoms with Crippen LogP contribution in [0.25, 0.3) is 10.9 Å². The number of nitrogens with one attached hydrogen (secondary N) is 2. The van der Waals surface area contributed by atoms with Crippen molar-refractivity contribution in [3.8, 4) is 0 Å². The second-order valence-electron chi connectivity index (χ2n) is 5.12. The Kier molecular flexibility index (Phi) is 3.53. The van der Waals surface area contributed by atoms with Gasteiger partial charge in [-0.1, -0.05) is 12.1 Å². The Morgan fingerprint density at radius 3 is 2.91 bits per heavy atom. The molecular weight excluding hydrogens is 300 g/mol. The first-order chi connectivity index (χ1) is 11.0. The number of aromatic nitrogens is 4. The van der Waals surface area contributed by atoms with E-state index in [-0.39, 0.29) is 23.8 Å². The van der Waals surface area contributed by atoms with Gasteiger partial charge in [0.2, 0.25) is 5.91 Å². The zero-order chi connectivity index (χ0) is 16.6. The molecule has 3 aromatic rings. The average molecular weight is 314 g/mol. The molecule has 3 rings (SSSR count). The number of hydrogen-bond acceptors (Lipinski definition) is 5. The molecule has 2 N–H and O–H groups in total. The van der Waals surface area contributed by atoms with Crippen LogP contribution in [0.4, 0.5) is 11.4 Å². The number of rotatable bonds is 4. The third-order valence-electron chi connectivity index (χ3n) is 3.57. The Labute approximate surface area is 130 Å². The van der Waals surface area contributed by atoms with Crippen LogP contribution in [0.2, 0.25) is 0 Å². The van der Waals surface area contributed by atoms with E-state index in [4.69, 9.17) is 0 Å². The summed E-state index contributed by atoms with van der Waals surface area (Å²) in [7, 11) is 0. The third kappa shape index (κ3) is 2.63. The molecule has 0 bridgehead atoms. The van der Waals surface area contributed by atoms with Gasteiger partial charge in [0, 0.05) is 5.39 Å². The molecule has 0 spiro atoms. The molecule has 0 fully saturated rings. The van der Waals surface area contributed by atoms with Crippen LogP contribution in [0, 0.1) is 24.0 Å². The van der Waals surface area contributed by atoms with Gasteiger partial charge in [0.25, 0.3) is 0 Å². The fraction of sp³-hybridized carbons (Fsp3) is 0.214. The molecule has 23 heavy (non-hydrogen) atoms. The molecule has 0 radical (unpaired) electrons. The number of carbonyl (C=O) groups excluding carboxylic acids is 1. The average Bonchev–Trinajstić information content (AvgIpc) is 3.05. The number of H-pyrrole nitrogens is 1. The lowest BCUT2D eigenvalue weighted by atomic mass is 10.2. The zero-order valence-corrected chi connectivity index (χ0v) is 12.5. The molecule has 0 atom stereocenters. The number of aryl methyl sites for hydroxylation is 1. The van der Waals surface area contributed by atoms with E-state index in [9.17, 15) is 14.9 Å². The van der Waals surface area contributed by atoms with Crippen molar-refractivity contribution < 1.29 is 9.72 Å². The van der Waals surface area contributed by atoms with Gasteiger partial charge >= 0.3 is 5.69 Å². The van der Waals surface area contributed by atoms with E-state index < -0.39 is 4.92 Å². The number of benzene rings is 1. The topological polar surface area (TPSA) is 119 Å². The summed E-state index contributed by atoms with van der Waals surface area (Å²) in [4.78, 5) is 22.7. The van der Waals surface area contributed by atoms with Gasteiger partial charge in [-0.2, -0.15) is 10.2 Å². The van der Waals surface area contributed by atoms with Crippen LogP contribution in [0.5, 0.6) is 0 Å². The highest BCUT2D eigenvalue weighted by Crippen LogP contribution is 2.23. The monoisotopic (exact) mass is 314 g/mol. The second-order valence-corrected chi connectivity index (χ2v) is 5.12. The molecule has 0 unspecified atom stereocenters. The summed E-state index contributed by atoms with van der Waals surface area (Å²) in [5.41, 5.74) is 1.90. The molecule has 0 aliphatic carbocycles. The van der Waals surface area contributed by atoms with Crippen LogP contribution in [0.1, 0.15) is 11.4 Å². The minimum Gasteiger partial charge on any atom is -0.323 e. The van der Waals surface area contributed by atoms with Gasteiger partial charge < -0.3 is 5.32 Å². The number of fused-ring (bicyclic) bond motifs is 1. The summed E-state index contributed by atoms with van der Waals surface area (Å²) in [5, 5.41) is 25.4. The largest absolute Gasteiger partial charge is 0.323 e. The summed E-state index contributed by atoms with van der Waals surface area (Å²) in [6, 6.07) is 5.43. The zero-order valence-electron chi connectivity index (χ0n) is 12.5. The predicted octanol–water partition coefficient (Wildman–Crippen LogP) is 1.92. The molecule has 0 saturated carbocycles. The van der Waals surface area contributed by atoms with Crippen molar-refractivity contribution in [2.45, 2.75) is 20.4 Å². The number of carbonyl (C=O) groups is 1. The van der Waals surface area contributed by atoms with Gasteiger partial charge in [-0.05, 0) is 19.9 Å². The molecular formula is C14H14N6O3. The summed E-state index contributed by atoms with van der Waals surface area (Å²) in [6.07, 6.45) is 1.66. The highest BCUT2D eigenvalue weighted by molar-refractivity contribution is 6.00. The molecule has 2 heterocycles. The number of hydrogen-bond donors (Lipinski definition) is 2. The summed E-state index contributed by atoms with van der Waals surface area (Å²) in [5.74, 6) is -0.326. The van der Waals surface area contributed by atoms with Crippen LogP contribution in [0.15, 0.2) is 24.4 Å². The highest BCUT2D eigenvalue weighted by Gasteiger charge is 2.22. The van der Waals surface area contributed by atoms with Crippen molar-refractivity contribution in [3.05, 3.63) is 45.9 Å². The van der Waals surface area contributed by atoms with E-state index in [1.165, 1.54) is 4.68 Å². The molecule has 0 aliphatic heterocycles. The smallest absolute Gasteiger partial charge is 0.312 e. The number of anilines is 1. The normalized spacial score (nSPS) is 10.9. The molecule has 1 amide bonds. The molecule has 9 heteroatoms. The van der Waals surface area contributed by atoms with Crippen molar-refractivity contribution >= 4 is 28.2 Å². The van der Waals surface area contributed by atoms with E-state index in [0.717, 1.165) is 10.9 Å². The fourth-order valence-electron chi connectivity index (χ4n) is 2.50. The van der Waals surface area contributed by atoms with E-state index in [1.807, 2.05) is 12.1 Å². The van der Waals surface area contributed by atoms with Crippen molar-refractivity contribution in [2.75, 3.05) is 5.32 Å². The van der Waals surface area contributed by atoms with Gasteiger partial charge in [-0.25, -0.2) is 0 Å². The van der Waals surface area contributed by atoms with Crippen LogP contribution in [-0.4, -0.2) is 30.8 Å². The number of aromatic amines is 1. The summed E-state index contributed by atoms with van der Waals surface area (Å²) < 4.78 is 1.33. The van der Waals surface area contributed by atoms with E-state index in [1.54, 1.807) is 26.1 Å². The number of amides is 1. The van der Waals surface area contributed by atoms with Gasteiger partial charge in [-0.3, -0.25) is 24.7 Å². The maximum absolute atomic E-state index is 12.2. The molecule has 0 aliphatic rings. The van der Waals surface area contributed by atoms with E-state index >= 15 is 0 Å². The maximum atomic E-state index is 12.2. The van der Waals surface area contributed by atoms with Gasteiger partial charge in [0.15, 0.2) is 0 Å². The molecule has 118 valence electrons. The lowest BCUT2D eigenvalue weighted by molar-refractivity contribution is -0.386. The molecule has 0 saturated heterocycles. The second kappa shape index (κ2) is 5.52. The first-order valence-corrected chi connectivity index (χ1v) is 6.87. The lowest BCUT2D eigenvalue weighted by Crippen LogP contribution is -2.20. The van der Waals surface area contributed by atoms with E-state index in [2.05, 4.69) is 20.6 Å². The van der Waals surface area contributed by atoms with Crippen molar-refractivity contribution in [3.63, 3.8) is 0 Å². The van der Waals surface area contributed by atoms with Gasteiger partial charge in [0.1, 0.15) is 17.9 Å². The quantitative estimate of drug-likeness (QED) is 0.563. The summed E-state index contributed by atoms with van der Waals surface area (Å²) >= 11 is 0. The summed E-state index contributed by atoms with van der Waals surface area (Å²) in [6.45, 7) is 3.01. The predicted molar refractivity (Wildman–Crippen MR) is 83.1 cm³/mol. The number of para-hydroxylation sites is 1. The SMILES string of the molecule is Cc1nn(CC(=O)Nc2cccc3cn[nH]c23)c(C)c1[N+](=O)[O-]. The standard InChI is InChI=1S/C14H14N6O3/c1-8-14(20(22)23)9(2)19(18-8)7-12(21)16-11-5-3-4-10-6-15-17-13(10)11/h3-6H,7H2,1-2H3,(H,15,17)(H,16,21). The molecule has 1 aromatic carbocycles. The minimum atomic E-state index is -0.489. The Balaban J connectivity index is 1.82. The first-order valence-electron chi connectivity index (χ1n) is 6.87. The first kappa shape index (κ1) is 14.7. The Morgan fingerprint density at radius 1 is 1.43 bits per heavy atom. The van der Waals surface area contributed by atoms with Crippen LogP contribution in [-0.2, 0) is 11.3 Å². The maximum Gasteiger partial charge on any atom is 0.312 e. The van der Waals surface area contributed by atoms with Crippen LogP contribution < -0.4 is 5.32 Å². The molecule has 9 nitrogen and oxygen atoms in total. The van der Waals surface area contributed by atoms with E-state index in [0.29, 0.717) is 11.4 Å². The fourth-order valence-corrected chi connectivity index (χ4v) is 2.50. The molecule has 2 aromatic heterocycles. The minimum absolute atomic E-state index is 0.0616. The Morgan fingerprint density at radius 2 is 2.22 bits per heavy atom. The number of nitro groups is 1. The Hall–Kier alpha value is -3.23.